The van der Waals surface area contributed by atoms with E-state index in [1.165, 1.54) is 0 Å². The van der Waals surface area contributed by atoms with Gasteiger partial charge in [0.25, 0.3) is 0 Å². The van der Waals surface area contributed by atoms with E-state index in [1.807, 2.05) is 30.3 Å². The molecule has 0 radical (unpaired) electrons. The fourth-order valence-corrected chi connectivity index (χ4v) is 2.75. The van der Waals surface area contributed by atoms with Gasteiger partial charge in [-0.05, 0) is 31.4 Å². The summed E-state index contributed by atoms with van der Waals surface area (Å²) < 4.78 is 5.82. The van der Waals surface area contributed by atoms with Crippen LogP contribution in [0.4, 0.5) is 5.82 Å². The van der Waals surface area contributed by atoms with Crippen LogP contribution in [0, 0.1) is 0 Å². The molecule has 2 aromatic heterocycles. The molecule has 0 saturated carbocycles. The summed E-state index contributed by atoms with van der Waals surface area (Å²) in [6.07, 6.45) is 3.05. The van der Waals surface area contributed by atoms with E-state index in [2.05, 4.69) is 15.4 Å². The Hall–Kier alpha value is -2.40. The number of nitrogens with two attached hydrogens (primary N) is 1. The molecule has 3 aromatic rings. The number of anilines is 1. The number of aryl methyl sites for hydroxylation is 1. The molecule has 5 heteroatoms. The Labute approximate surface area is 115 Å². The third kappa shape index (κ3) is 1.67. The second-order valence-corrected chi connectivity index (χ2v) is 4.97. The van der Waals surface area contributed by atoms with Crippen molar-refractivity contribution in [3.05, 3.63) is 41.6 Å². The van der Waals surface area contributed by atoms with Gasteiger partial charge in [0.1, 0.15) is 11.4 Å². The number of nitrogens with zero attached hydrogens (tertiary/aromatic N) is 2. The predicted molar refractivity (Wildman–Crippen MR) is 77.1 cm³/mol. The zero-order chi connectivity index (χ0) is 13.5. The molecule has 0 atom stereocenters. The van der Waals surface area contributed by atoms with E-state index < -0.39 is 0 Å². The highest BCUT2D eigenvalue weighted by molar-refractivity contribution is 5.81. The zero-order valence-electron chi connectivity index (χ0n) is 10.9. The molecule has 1 aromatic carbocycles. The lowest BCUT2D eigenvalue weighted by Crippen LogP contribution is -2.12. The molecule has 0 unspecified atom stereocenters. The second kappa shape index (κ2) is 4.31. The number of benzene rings is 1. The van der Waals surface area contributed by atoms with Crippen molar-refractivity contribution in [3.8, 4) is 11.6 Å². The van der Waals surface area contributed by atoms with Crippen LogP contribution in [-0.4, -0.2) is 9.97 Å². The van der Waals surface area contributed by atoms with Gasteiger partial charge in [-0.3, -0.25) is 0 Å². The summed E-state index contributed by atoms with van der Waals surface area (Å²) >= 11 is 0. The third-order valence-electron chi connectivity index (χ3n) is 3.72. The number of rotatable bonds is 2. The fraction of sp³-hybridized carbons (Fsp3) is 0.200. The maximum Gasteiger partial charge on any atom is 0.197 e. The van der Waals surface area contributed by atoms with E-state index in [-0.39, 0.29) is 0 Å². The summed E-state index contributed by atoms with van der Waals surface area (Å²) in [7, 11) is 0. The minimum absolute atomic E-state index is 0.592. The van der Waals surface area contributed by atoms with Crippen LogP contribution in [0.1, 0.15) is 17.7 Å². The van der Waals surface area contributed by atoms with Gasteiger partial charge in [0.2, 0.25) is 0 Å². The number of para-hydroxylation sites is 1. The van der Waals surface area contributed by atoms with Crippen LogP contribution in [0.25, 0.3) is 22.6 Å². The maximum absolute atomic E-state index is 5.82. The normalized spacial score (nSPS) is 13.7. The molecular formula is C15H14N4O. The average molecular weight is 266 g/mol. The van der Waals surface area contributed by atoms with Crippen LogP contribution in [0.15, 0.2) is 34.7 Å². The number of hydrogen-bond donors (Lipinski definition) is 2. The van der Waals surface area contributed by atoms with Crippen LogP contribution >= 0.6 is 0 Å². The standard InChI is InChI=1S/C15H14N4O/c16-19-14-10-5-3-6-11(10)17-15(18-14)13-8-9-4-1-2-7-12(9)20-13/h1-2,4,7-8H,3,5-6,16H2,(H,17,18,19). The van der Waals surface area contributed by atoms with Crippen molar-refractivity contribution in [3.63, 3.8) is 0 Å². The molecular weight excluding hydrogens is 252 g/mol. The summed E-state index contributed by atoms with van der Waals surface area (Å²) in [5.74, 6) is 7.56. The number of furan rings is 1. The lowest BCUT2D eigenvalue weighted by molar-refractivity contribution is 0.624. The Morgan fingerprint density at radius 2 is 2.05 bits per heavy atom. The van der Waals surface area contributed by atoms with Gasteiger partial charge < -0.3 is 9.84 Å². The van der Waals surface area contributed by atoms with Crippen LogP contribution < -0.4 is 11.3 Å². The summed E-state index contributed by atoms with van der Waals surface area (Å²) in [4.78, 5) is 9.11. The van der Waals surface area contributed by atoms with E-state index >= 15 is 0 Å². The summed E-state index contributed by atoms with van der Waals surface area (Å²) in [6, 6.07) is 9.85. The van der Waals surface area contributed by atoms with Crippen molar-refractivity contribution < 1.29 is 4.42 Å². The highest BCUT2D eigenvalue weighted by Crippen LogP contribution is 2.31. The first-order valence-corrected chi connectivity index (χ1v) is 6.70. The van der Waals surface area contributed by atoms with E-state index in [0.717, 1.165) is 41.5 Å². The van der Waals surface area contributed by atoms with Crippen molar-refractivity contribution in [2.24, 2.45) is 5.84 Å². The van der Waals surface area contributed by atoms with Crippen LogP contribution in [-0.2, 0) is 12.8 Å². The first kappa shape index (κ1) is 11.4. The molecule has 20 heavy (non-hydrogen) atoms. The van der Waals surface area contributed by atoms with E-state index in [4.69, 9.17) is 10.3 Å². The minimum Gasteiger partial charge on any atom is -0.453 e. The molecule has 0 saturated heterocycles. The van der Waals surface area contributed by atoms with Gasteiger partial charge >= 0.3 is 0 Å². The predicted octanol–water partition coefficient (Wildman–Crippen LogP) is 2.66. The quantitative estimate of drug-likeness (QED) is 0.551. The van der Waals surface area contributed by atoms with Crippen molar-refractivity contribution in [1.82, 2.24) is 9.97 Å². The average Bonchev–Trinajstić information content (AvgIpc) is 3.12. The minimum atomic E-state index is 0.592. The number of hydrogen-bond acceptors (Lipinski definition) is 5. The Morgan fingerprint density at radius 3 is 2.90 bits per heavy atom. The monoisotopic (exact) mass is 266 g/mol. The molecule has 4 rings (SSSR count). The molecule has 0 aliphatic heterocycles. The van der Waals surface area contributed by atoms with E-state index in [1.54, 1.807) is 0 Å². The molecule has 100 valence electrons. The lowest BCUT2D eigenvalue weighted by Gasteiger charge is -2.07. The highest BCUT2D eigenvalue weighted by atomic mass is 16.3. The molecule has 3 N–H and O–H groups in total. The van der Waals surface area contributed by atoms with Gasteiger partial charge in [0, 0.05) is 16.6 Å². The first-order chi connectivity index (χ1) is 9.85. The molecule has 0 spiro atoms. The Bertz CT molecular complexity index is 761. The number of aromatic nitrogens is 2. The Morgan fingerprint density at radius 1 is 1.15 bits per heavy atom. The topological polar surface area (TPSA) is 77.0 Å². The summed E-state index contributed by atoms with van der Waals surface area (Å²) in [5.41, 5.74) is 5.72. The molecule has 0 bridgehead atoms. The van der Waals surface area contributed by atoms with Crippen LogP contribution in [0.3, 0.4) is 0 Å². The smallest absolute Gasteiger partial charge is 0.197 e. The van der Waals surface area contributed by atoms with Crippen molar-refractivity contribution >= 4 is 16.8 Å². The summed E-state index contributed by atoms with van der Waals surface area (Å²) in [6.45, 7) is 0. The molecule has 2 heterocycles. The van der Waals surface area contributed by atoms with Crippen LogP contribution in [0.5, 0.6) is 0 Å². The largest absolute Gasteiger partial charge is 0.453 e. The number of fused-ring (bicyclic) bond motifs is 2. The number of nitrogen functional groups attached to an aromatic ring is 1. The van der Waals surface area contributed by atoms with Gasteiger partial charge in [0.15, 0.2) is 11.6 Å². The third-order valence-corrected chi connectivity index (χ3v) is 3.72. The second-order valence-electron chi connectivity index (χ2n) is 4.97. The van der Waals surface area contributed by atoms with Gasteiger partial charge in [-0.15, -0.1) is 0 Å². The fourth-order valence-electron chi connectivity index (χ4n) is 2.75. The van der Waals surface area contributed by atoms with Gasteiger partial charge in [-0.25, -0.2) is 15.8 Å². The Kier molecular flexibility index (Phi) is 2.47. The highest BCUT2D eigenvalue weighted by Gasteiger charge is 2.20. The number of hydrazine groups is 1. The van der Waals surface area contributed by atoms with Crippen molar-refractivity contribution in [2.45, 2.75) is 19.3 Å². The lowest BCUT2D eigenvalue weighted by atomic mass is 10.2. The molecule has 1 aliphatic carbocycles. The molecule has 0 fully saturated rings. The van der Waals surface area contributed by atoms with Gasteiger partial charge in [-0.2, -0.15) is 0 Å². The zero-order valence-corrected chi connectivity index (χ0v) is 10.9. The Balaban J connectivity index is 1.89. The van der Waals surface area contributed by atoms with E-state index in [9.17, 15) is 0 Å². The van der Waals surface area contributed by atoms with E-state index in [0.29, 0.717) is 17.4 Å². The molecule has 0 amide bonds. The van der Waals surface area contributed by atoms with Gasteiger partial charge in [-0.1, -0.05) is 18.2 Å². The molecule has 1 aliphatic rings. The number of nitrogens with one attached hydrogen (secondary N) is 1. The maximum atomic E-state index is 5.82. The van der Waals surface area contributed by atoms with Crippen molar-refractivity contribution in [1.29, 1.82) is 0 Å². The van der Waals surface area contributed by atoms with Crippen molar-refractivity contribution in [2.75, 3.05) is 5.43 Å². The van der Waals surface area contributed by atoms with Crippen LogP contribution in [0.2, 0.25) is 0 Å². The summed E-state index contributed by atoms with van der Waals surface area (Å²) in [5, 5.41) is 1.05. The molecule has 5 nitrogen and oxygen atoms in total. The van der Waals surface area contributed by atoms with Gasteiger partial charge in [0.05, 0.1) is 0 Å². The SMILES string of the molecule is NNc1nc(-c2cc3ccccc3o2)nc2c1CCC2. The first-order valence-electron chi connectivity index (χ1n) is 6.70.